The summed E-state index contributed by atoms with van der Waals surface area (Å²) in [5.41, 5.74) is 8.84. The van der Waals surface area contributed by atoms with Crippen LogP contribution in [0.15, 0.2) is 23.3 Å². The molecule has 23 heavy (non-hydrogen) atoms. The number of hydrogen-bond acceptors (Lipinski definition) is 5. The Hall–Kier alpha value is -2.04. The first-order valence-corrected chi connectivity index (χ1v) is 7.69. The van der Waals surface area contributed by atoms with E-state index >= 15 is 0 Å². The van der Waals surface area contributed by atoms with Crippen molar-refractivity contribution in [2.75, 3.05) is 6.54 Å². The van der Waals surface area contributed by atoms with Gasteiger partial charge in [0.05, 0.1) is 9.99 Å². The van der Waals surface area contributed by atoms with E-state index in [1.807, 2.05) is 22.6 Å². The molecule has 1 unspecified atom stereocenters. The summed E-state index contributed by atoms with van der Waals surface area (Å²) in [7, 11) is 0. The highest BCUT2D eigenvalue weighted by atomic mass is 127. The molecule has 0 aliphatic carbocycles. The van der Waals surface area contributed by atoms with Gasteiger partial charge >= 0.3 is 11.9 Å². The van der Waals surface area contributed by atoms with Gasteiger partial charge in [-0.15, -0.1) is 0 Å². The van der Waals surface area contributed by atoms with Crippen molar-refractivity contribution in [1.29, 1.82) is 0 Å². The Morgan fingerprint density at radius 1 is 1.48 bits per heavy atom. The molecule has 3 N–H and O–H groups in total. The van der Waals surface area contributed by atoms with Crippen molar-refractivity contribution in [3.8, 4) is 5.75 Å². The number of nitrogens with zero attached hydrogens (tertiary/aromatic N) is 3. The summed E-state index contributed by atoms with van der Waals surface area (Å²) in [5, 5.41) is 24.4. The van der Waals surface area contributed by atoms with Crippen molar-refractivity contribution in [2.45, 2.75) is 18.6 Å². The van der Waals surface area contributed by atoms with E-state index in [0.29, 0.717) is 15.0 Å². The first-order chi connectivity index (χ1) is 10.9. The topological polar surface area (TPSA) is 145 Å². The number of aliphatic carboxylic acids is 2. The number of carboxylic acids is 2. The van der Waals surface area contributed by atoms with E-state index in [1.165, 1.54) is 0 Å². The number of nitrogens with one attached hydrogen (secondary N) is 1. The van der Waals surface area contributed by atoms with Crippen molar-refractivity contribution in [1.82, 2.24) is 5.32 Å². The molecule has 122 valence electrons. The van der Waals surface area contributed by atoms with Gasteiger partial charge in [-0.25, -0.2) is 0 Å². The van der Waals surface area contributed by atoms with Crippen molar-refractivity contribution in [3.05, 3.63) is 32.2 Å². The van der Waals surface area contributed by atoms with Gasteiger partial charge in [-0.3, -0.25) is 9.59 Å². The molecule has 0 amide bonds. The first kappa shape index (κ1) is 17.3. The molecule has 0 spiro atoms. The summed E-state index contributed by atoms with van der Waals surface area (Å²) in [6.07, 6.45) is -0.881. The second-order valence-corrected chi connectivity index (χ2v) is 6.11. The highest BCUT2D eigenvalue weighted by Crippen LogP contribution is 2.30. The molecule has 0 aromatic heterocycles. The average Bonchev–Trinajstić information content (AvgIpc) is 2.84. The Kier molecular flexibility index (Phi) is 5.64. The number of halogens is 1. The first-order valence-electron chi connectivity index (χ1n) is 6.61. The Bertz CT molecular complexity index is 676. The monoisotopic (exact) mass is 432 g/mol. The predicted molar refractivity (Wildman–Crippen MR) is 87.6 cm³/mol. The molecule has 1 fully saturated rings. The zero-order chi connectivity index (χ0) is 17.0. The smallest absolute Gasteiger partial charge is 0.321 e. The second-order valence-electron chi connectivity index (χ2n) is 4.95. The van der Waals surface area contributed by atoms with Gasteiger partial charge in [-0.2, -0.15) is 0 Å². The Morgan fingerprint density at radius 2 is 2.22 bits per heavy atom. The van der Waals surface area contributed by atoms with E-state index in [1.54, 1.807) is 18.2 Å². The van der Waals surface area contributed by atoms with Crippen molar-refractivity contribution in [2.24, 2.45) is 11.0 Å². The SMILES string of the molecule is [N-]=[N+]=Nc1ccc(O[C@H]2CNC(C(=O)O)[C@H]2CC(=O)O)c(I)c1. The predicted octanol–water partition coefficient (Wildman–Crippen LogP) is 2.13. The minimum Gasteiger partial charge on any atom is -0.488 e. The fraction of sp³-hybridized carbons (Fsp3) is 0.385. The lowest BCUT2D eigenvalue weighted by atomic mass is 9.94. The lowest BCUT2D eigenvalue weighted by molar-refractivity contribution is -0.142. The van der Waals surface area contributed by atoms with E-state index in [-0.39, 0.29) is 13.0 Å². The standard InChI is InChI=1S/C13H13IN4O5/c14-8-3-6(17-18-15)1-2-9(8)23-10-5-16-12(13(21)22)7(10)4-11(19)20/h1-3,7,10,12,16H,4-5H2,(H,19,20)(H,21,22)/t7-,10-,12?/m0/s1. The van der Waals surface area contributed by atoms with Crippen LogP contribution in [0, 0.1) is 9.49 Å². The number of rotatable bonds is 6. The third-order valence-corrected chi connectivity index (χ3v) is 4.32. The number of ether oxygens (including phenoxy) is 1. The lowest BCUT2D eigenvalue weighted by Gasteiger charge is -2.22. The second kappa shape index (κ2) is 7.49. The largest absolute Gasteiger partial charge is 0.488 e. The van der Waals surface area contributed by atoms with E-state index in [0.717, 1.165) is 0 Å². The molecule has 1 heterocycles. The van der Waals surface area contributed by atoms with Crippen LogP contribution >= 0.6 is 22.6 Å². The molecule has 0 saturated carbocycles. The molecule has 10 heteroatoms. The molecule has 9 nitrogen and oxygen atoms in total. The van der Waals surface area contributed by atoms with Crippen LogP contribution in [0.4, 0.5) is 5.69 Å². The Balaban J connectivity index is 2.19. The molecule has 1 saturated heterocycles. The van der Waals surface area contributed by atoms with Gasteiger partial charge in [0, 0.05) is 23.1 Å². The molecule has 3 atom stereocenters. The van der Waals surface area contributed by atoms with Gasteiger partial charge in [0.15, 0.2) is 0 Å². The van der Waals surface area contributed by atoms with Crippen LogP contribution in [0.5, 0.6) is 5.75 Å². The van der Waals surface area contributed by atoms with Crippen LogP contribution in [0.1, 0.15) is 6.42 Å². The van der Waals surface area contributed by atoms with E-state index in [4.69, 9.17) is 15.4 Å². The minimum absolute atomic E-state index is 0.239. The molecule has 2 rings (SSSR count). The number of azide groups is 1. The number of carbonyl (C=O) groups is 2. The average molecular weight is 432 g/mol. The summed E-state index contributed by atoms with van der Waals surface area (Å²) < 4.78 is 6.48. The Labute approximate surface area is 144 Å². The molecule has 1 aliphatic rings. The van der Waals surface area contributed by atoms with Crippen LogP contribution in [-0.4, -0.2) is 40.8 Å². The van der Waals surface area contributed by atoms with Gasteiger partial charge in [-0.05, 0) is 46.3 Å². The van der Waals surface area contributed by atoms with Gasteiger partial charge in [0.2, 0.25) is 0 Å². The summed E-state index contributed by atoms with van der Waals surface area (Å²) >= 11 is 2.00. The molecule has 0 bridgehead atoms. The third-order valence-electron chi connectivity index (χ3n) is 3.48. The van der Waals surface area contributed by atoms with Gasteiger partial charge < -0.3 is 20.3 Å². The normalized spacial score (nSPS) is 23.1. The van der Waals surface area contributed by atoms with Gasteiger partial charge in [0.25, 0.3) is 0 Å². The van der Waals surface area contributed by atoms with Gasteiger partial charge in [0.1, 0.15) is 17.9 Å². The van der Waals surface area contributed by atoms with E-state index in [2.05, 4.69) is 15.3 Å². The summed E-state index contributed by atoms with van der Waals surface area (Å²) in [6.45, 7) is 0.239. The third kappa shape index (κ3) is 4.24. The highest BCUT2D eigenvalue weighted by molar-refractivity contribution is 14.1. The molecular weight excluding hydrogens is 419 g/mol. The van der Waals surface area contributed by atoms with Crippen LogP contribution in [0.2, 0.25) is 0 Å². The van der Waals surface area contributed by atoms with Crippen LogP contribution < -0.4 is 10.1 Å². The zero-order valence-electron chi connectivity index (χ0n) is 11.7. The fourth-order valence-electron chi connectivity index (χ4n) is 2.47. The van der Waals surface area contributed by atoms with Crippen molar-refractivity contribution in [3.63, 3.8) is 0 Å². The van der Waals surface area contributed by atoms with Gasteiger partial charge in [-0.1, -0.05) is 5.11 Å². The number of carboxylic acid groups (broad SMARTS) is 2. The minimum atomic E-state index is -1.10. The zero-order valence-corrected chi connectivity index (χ0v) is 13.9. The molecule has 1 aromatic rings. The van der Waals surface area contributed by atoms with E-state index < -0.39 is 30.0 Å². The molecule has 1 aromatic carbocycles. The molecule has 1 aliphatic heterocycles. The van der Waals surface area contributed by atoms with Crippen molar-refractivity contribution < 1.29 is 24.5 Å². The highest BCUT2D eigenvalue weighted by Gasteiger charge is 2.42. The fourth-order valence-corrected chi connectivity index (χ4v) is 3.10. The number of benzene rings is 1. The Morgan fingerprint density at radius 3 is 2.78 bits per heavy atom. The van der Waals surface area contributed by atoms with Crippen LogP contribution in [-0.2, 0) is 9.59 Å². The van der Waals surface area contributed by atoms with Crippen molar-refractivity contribution >= 4 is 40.2 Å². The van der Waals surface area contributed by atoms with Crippen LogP contribution in [0.3, 0.4) is 0 Å². The quantitative estimate of drug-likeness (QED) is 0.272. The molecular formula is C13H13IN4O5. The maximum atomic E-state index is 11.2. The molecule has 0 radical (unpaired) electrons. The lowest BCUT2D eigenvalue weighted by Crippen LogP contribution is -2.38. The maximum Gasteiger partial charge on any atom is 0.321 e. The summed E-state index contributed by atoms with van der Waals surface area (Å²) in [5.74, 6) is -2.38. The van der Waals surface area contributed by atoms with E-state index in [9.17, 15) is 14.7 Å². The maximum absolute atomic E-state index is 11.2. The van der Waals surface area contributed by atoms with Crippen LogP contribution in [0.25, 0.3) is 10.4 Å². The summed E-state index contributed by atoms with van der Waals surface area (Å²) in [4.78, 5) is 24.9. The number of hydrogen-bond donors (Lipinski definition) is 3. The summed E-state index contributed by atoms with van der Waals surface area (Å²) in [6, 6.07) is 3.84.